The second-order valence-corrected chi connectivity index (χ2v) is 3.79. The van der Waals surface area contributed by atoms with E-state index in [0.717, 1.165) is 32.0 Å². The fraction of sp³-hybridized carbons (Fsp3) is 0.444. The van der Waals surface area contributed by atoms with Gasteiger partial charge < -0.3 is 15.5 Å². The summed E-state index contributed by atoms with van der Waals surface area (Å²) >= 11 is 4.93. The van der Waals surface area contributed by atoms with Crippen LogP contribution >= 0.6 is 12.2 Å². The molecule has 0 amide bonds. The fourth-order valence-corrected chi connectivity index (χ4v) is 1.79. The van der Waals surface area contributed by atoms with E-state index in [2.05, 4.69) is 14.9 Å². The molecule has 0 aliphatic carbocycles. The van der Waals surface area contributed by atoms with Gasteiger partial charge in [0.25, 0.3) is 0 Å². The maximum atomic E-state index is 5.56. The highest BCUT2D eigenvalue weighted by atomic mass is 32.1. The number of piperazine rings is 1. The minimum atomic E-state index is 0.480. The van der Waals surface area contributed by atoms with Gasteiger partial charge in [0.1, 0.15) is 5.82 Å². The third-order valence-electron chi connectivity index (χ3n) is 2.46. The van der Waals surface area contributed by atoms with Crippen molar-refractivity contribution in [3.05, 3.63) is 18.6 Å². The van der Waals surface area contributed by atoms with Crippen LogP contribution in [0.5, 0.6) is 0 Å². The van der Waals surface area contributed by atoms with Crippen molar-refractivity contribution in [3.63, 3.8) is 0 Å². The molecule has 0 atom stereocenters. The molecule has 2 rings (SSSR count). The quantitative estimate of drug-likeness (QED) is 0.668. The van der Waals surface area contributed by atoms with Crippen molar-refractivity contribution in [2.45, 2.75) is 0 Å². The topological polar surface area (TPSA) is 58.3 Å². The molecule has 2 heterocycles. The number of nitrogens with two attached hydrogens (primary N) is 1. The molecule has 1 aliphatic rings. The summed E-state index contributed by atoms with van der Waals surface area (Å²) in [6.45, 7) is 3.48. The van der Waals surface area contributed by atoms with Crippen molar-refractivity contribution in [1.29, 1.82) is 0 Å². The van der Waals surface area contributed by atoms with Crippen molar-refractivity contribution in [3.8, 4) is 0 Å². The van der Waals surface area contributed by atoms with Crippen LogP contribution in [0.15, 0.2) is 18.6 Å². The third-order valence-corrected chi connectivity index (χ3v) is 2.72. The van der Waals surface area contributed by atoms with Crippen LogP contribution in [0.3, 0.4) is 0 Å². The van der Waals surface area contributed by atoms with Crippen molar-refractivity contribution >= 4 is 23.1 Å². The summed E-state index contributed by atoms with van der Waals surface area (Å²) in [4.78, 5) is 12.5. The highest BCUT2D eigenvalue weighted by molar-refractivity contribution is 7.80. The van der Waals surface area contributed by atoms with Crippen LogP contribution in [-0.4, -0.2) is 46.2 Å². The molecule has 80 valence electrons. The maximum absolute atomic E-state index is 5.56. The predicted octanol–water partition coefficient (Wildman–Crippen LogP) is -0.158. The lowest BCUT2D eigenvalue weighted by atomic mass is 10.3. The molecule has 0 bridgehead atoms. The van der Waals surface area contributed by atoms with Crippen molar-refractivity contribution in [1.82, 2.24) is 14.9 Å². The highest BCUT2D eigenvalue weighted by Crippen LogP contribution is 2.10. The SMILES string of the molecule is NC(=S)N1CCN(c2cnccn2)CC1. The van der Waals surface area contributed by atoms with E-state index in [1.807, 2.05) is 4.90 Å². The summed E-state index contributed by atoms with van der Waals surface area (Å²) in [5, 5.41) is 0.480. The average molecular weight is 223 g/mol. The van der Waals surface area contributed by atoms with Gasteiger partial charge in [-0.15, -0.1) is 0 Å². The van der Waals surface area contributed by atoms with Crippen LogP contribution in [-0.2, 0) is 0 Å². The van der Waals surface area contributed by atoms with Crippen molar-refractivity contribution in [2.24, 2.45) is 5.73 Å². The minimum Gasteiger partial charge on any atom is -0.376 e. The van der Waals surface area contributed by atoms with Crippen LogP contribution in [0.25, 0.3) is 0 Å². The van der Waals surface area contributed by atoms with Crippen molar-refractivity contribution < 1.29 is 0 Å². The standard InChI is InChI=1S/C9H13N5S/c10-9(15)14-5-3-13(4-6-14)8-7-11-1-2-12-8/h1-2,7H,3-6H2,(H2,10,15). The zero-order valence-electron chi connectivity index (χ0n) is 8.33. The first-order valence-electron chi connectivity index (χ1n) is 4.83. The second kappa shape index (κ2) is 4.39. The zero-order valence-corrected chi connectivity index (χ0v) is 9.15. The third kappa shape index (κ3) is 2.33. The summed E-state index contributed by atoms with van der Waals surface area (Å²) in [6.07, 6.45) is 5.15. The van der Waals surface area contributed by atoms with Gasteiger partial charge in [-0.3, -0.25) is 4.98 Å². The van der Waals surface area contributed by atoms with E-state index in [0.29, 0.717) is 5.11 Å². The molecule has 2 N–H and O–H groups in total. The van der Waals surface area contributed by atoms with Gasteiger partial charge in [0.05, 0.1) is 6.20 Å². The number of aromatic nitrogens is 2. The van der Waals surface area contributed by atoms with E-state index >= 15 is 0 Å². The molecule has 0 spiro atoms. The lowest BCUT2D eigenvalue weighted by Gasteiger charge is -2.35. The van der Waals surface area contributed by atoms with Gasteiger partial charge in [-0.05, 0) is 12.2 Å². The van der Waals surface area contributed by atoms with Gasteiger partial charge in [0, 0.05) is 38.6 Å². The fourth-order valence-electron chi connectivity index (χ4n) is 1.61. The first-order valence-corrected chi connectivity index (χ1v) is 5.23. The smallest absolute Gasteiger partial charge is 0.166 e. The summed E-state index contributed by atoms with van der Waals surface area (Å²) < 4.78 is 0. The first kappa shape index (κ1) is 10.1. The second-order valence-electron chi connectivity index (χ2n) is 3.38. The van der Waals surface area contributed by atoms with E-state index in [4.69, 9.17) is 18.0 Å². The van der Waals surface area contributed by atoms with Gasteiger partial charge in [0.2, 0.25) is 0 Å². The molecule has 1 aromatic heterocycles. The summed E-state index contributed by atoms with van der Waals surface area (Å²) in [7, 11) is 0. The molecule has 5 nitrogen and oxygen atoms in total. The Bertz CT molecular complexity index is 334. The number of thiocarbonyl (C=S) groups is 1. The average Bonchev–Trinajstić information content (AvgIpc) is 2.30. The number of anilines is 1. The van der Waals surface area contributed by atoms with Crippen LogP contribution in [0.1, 0.15) is 0 Å². The Kier molecular flexibility index (Phi) is 2.96. The molecule has 1 aromatic rings. The Morgan fingerprint density at radius 3 is 2.53 bits per heavy atom. The minimum absolute atomic E-state index is 0.480. The molecule has 1 fully saturated rings. The molecular formula is C9H13N5S. The molecular weight excluding hydrogens is 210 g/mol. The Morgan fingerprint density at radius 1 is 1.27 bits per heavy atom. The number of hydrogen-bond acceptors (Lipinski definition) is 4. The molecule has 0 aromatic carbocycles. The lowest BCUT2D eigenvalue weighted by Crippen LogP contribution is -2.50. The van der Waals surface area contributed by atoms with E-state index in [1.165, 1.54) is 0 Å². The Morgan fingerprint density at radius 2 is 2.00 bits per heavy atom. The number of nitrogens with zero attached hydrogens (tertiary/aromatic N) is 4. The molecule has 15 heavy (non-hydrogen) atoms. The normalized spacial score (nSPS) is 16.5. The molecule has 0 unspecified atom stereocenters. The lowest BCUT2D eigenvalue weighted by molar-refractivity contribution is 0.387. The van der Waals surface area contributed by atoms with E-state index in [9.17, 15) is 0 Å². The van der Waals surface area contributed by atoms with Gasteiger partial charge in [-0.2, -0.15) is 0 Å². The number of rotatable bonds is 1. The molecule has 1 aliphatic heterocycles. The van der Waals surface area contributed by atoms with E-state index < -0.39 is 0 Å². The Hall–Kier alpha value is -1.43. The van der Waals surface area contributed by atoms with Gasteiger partial charge >= 0.3 is 0 Å². The van der Waals surface area contributed by atoms with Crippen LogP contribution < -0.4 is 10.6 Å². The summed E-state index contributed by atoms with van der Waals surface area (Å²) in [5.74, 6) is 0.917. The summed E-state index contributed by atoms with van der Waals surface area (Å²) in [5.41, 5.74) is 5.56. The molecule has 0 saturated carbocycles. The molecule has 0 radical (unpaired) electrons. The number of hydrogen-bond donors (Lipinski definition) is 1. The van der Waals surface area contributed by atoms with Crippen molar-refractivity contribution in [2.75, 3.05) is 31.1 Å². The first-order chi connectivity index (χ1) is 7.27. The maximum Gasteiger partial charge on any atom is 0.166 e. The Balaban J connectivity index is 1.97. The predicted molar refractivity (Wildman–Crippen MR) is 62.6 cm³/mol. The molecule has 6 heteroatoms. The summed E-state index contributed by atoms with van der Waals surface area (Å²) in [6, 6.07) is 0. The van der Waals surface area contributed by atoms with Crippen LogP contribution in [0.4, 0.5) is 5.82 Å². The van der Waals surface area contributed by atoms with Gasteiger partial charge in [-0.1, -0.05) is 0 Å². The van der Waals surface area contributed by atoms with E-state index in [1.54, 1.807) is 18.6 Å². The zero-order chi connectivity index (χ0) is 10.7. The largest absolute Gasteiger partial charge is 0.376 e. The van der Waals surface area contributed by atoms with E-state index in [-0.39, 0.29) is 0 Å². The van der Waals surface area contributed by atoms with Crippen LogP contribution in [0.2, 0.25) is 0 Å². The Labute approximate surface area is 93.9 Å². The van der Waals surface area contributed by atoms with Gasteiger partial charge in [-0.25, -0.2) is 4.98 Å². The monoisotopic (exact) mass is 223 g/mol. The van der Waals surface area contributed by atoms with Gasteiger partial charge in [0.15, 0.2) is 5.11 Å². The van der Waals surface area contributed by atoms with Crippen LogP contribution in [0, 0.1) is 0 Å². The highest BCUT2D eigenvalue weighted by Gasteiger charge is 2.18. The molecule has 1 saturated heterocycles.